The van der Waals surface area contributed by atoms with E-state index in [0.717, 1.165) is 0 Å². The van der Waals surface area contributed by atoms with Gasteiger partial charge in [-0.3, -0.25) is 19.6 Å². The number of nitrogens with one attached hydrogen (secondary N) is 3. The zero-order valence-corrected chi connectivity index (χ0v) is 15.8. The lowest BCUT2D eigenvalue weighted by molar-refractivity contribution is -0.129. The Morgan fingerprint density at radius 2 is 1.83 bits per heavy atom. The highest BCUT2D eigenvalue weighted by molar-refractivity contribution is 6.10. The van der Waals surface area contributed by atoms with Crippen molar-refractivity contribution in [2.24, 2.45) is 0 Å². The molecule has 8 nitrogen and oxygen atoms in total. The number of ether oxygens (including phenoxy) is 1. The number of rotatable bonds is 8. The van der Waals surface area contributed by atoms with Gasteiger partial charge < -0.3 is 15.4 Å². The number of unbranched alkanes of at least 4 members (excludes halogenated alkanes) is 2. The van der Waals surface area contributed by atoms with Crippen LogP contribution in [0.15, 0.2) is 48.5 Å². The molecule has 1 aliphatic rings. The summed E-state index contributed by atoms with van der Waals surface area (Å²) in [4.78, 5) is 36.1. The van der Waals surface area contributed by atoms with Crippen LogP contribution in [-0.2, 0) is 9.59 Å². The third kappa shape index (κ3) is 5.55. The second-order valence-electron chi connectivity index (χ2n) is 6.77. The standard InChI is InChI=1S/C21H23N3O5/c25-19(24-28)10-6-2-5-9-18-21(27)22-17-12-11-15(13-16(17)20(26)23-18)29-14-7-3-1-4-8-14/h1,3-4,7-8,11-13,18,28H,2,5-6,9-10H2,(H,22,27)(H,23,26)(H,24,25). The predicted octanol–water partition coefficient (Wildman–Crippen LogP) is 2.99. The van der Waals surface area contributed by atoms with Gasteiger partial charge in [0.25, 0.3) is 5.91 Å². The van der Waals surface area contributed by atoms with E-state index in [0.29, 0.717) is 48.4 Å². The van der Waals surface area contributed by atoms with Crippen molar-refractivity contribution in [3.05, 3.63) is 54.1 Å². The van der Waals surface area contributed by atoms with Gasteiger partial charge in [0.2, 0.25) is 11.8 Å². The van der Waals surface area contributed by atoms with Crippen LogP contribution < -0.4 is 20.9 Å². The number of hydrogen-bond donors (Lipinski definition) is 4. The van der Waals surface area contributed by atoms with Gasteiger partial charge in [-0.1, -0.05) is 31.0 Å². The molecule has 0 aliphatic carbocycles. The minimum Gasteiger partial charge on any atom is -0.457 e. The highest BCUT2D eigenvalue weighted by Gasteiger charge is 2.27. The molecule has 8 heteroatoms. The summed E-state index contributed by atoms with van der Waals surface area (Å²) in [6, 6.07) is 13.5. The second-order valence-corrected chi connectivity index (χ2v) is 6.77. The van der Waals surface area contributed by atoms with E-state index in [-0.39, 0.29) is 18.2 Å². The summed E-state index contributed by atoms with van der Waals surface area (Å²) in [5.74, 6) is 0.0937. The number of benzene rings is 2. The zero-order chi connectivity index (χ0) is 20.6. The first-order chi connectivity index (χ1) is 14.1. The van der Waals surface area contributed by atoms with Gasteiger partial charge in [0.1, 0.15) is 17.5 Å². The molecule has 0 saturated carbocycles. The molecule has 0 aromatic heterocycles. The first kappa shape index (κ1) is 20.3. The molecule has 3 rings (SSSR count). The molecule has 0 fully saturated rings. The summed E-state index contributed by atoms with van der Waals surface area (Å²) < 4.78 is 5.76. The minimum absolute atomic E-state index is 0.218. The lowest BCUT2D eigenvalue weighted by Crippen LogP contribution is -2.41. The SMILES string of the molecule is O=C(CCCCCC1NC(=O)c2cc(Oc3ccccc3)ccc2NC1=O)NO. The van der Waals surface area contributed by atoms with Crippen LogP contribution in [0.25, 0.3) is 0 Å². The molecule has 0 radical (unpaired) electrons. The summed E-state index contributed by atoms with van der Waals surface area (Å²) in [7, 11) is 0. The van der Waals surface area contributed by atoms with Crippen LogP contribution in [0.5, 0.6) is 11.5 Å². The van der Waals surface area contributed by atoms with Crippen LogP contribution >= 0.6 is 0 Å². The monoisotopic (exact) mass is 397 g/mol. The van der Waals surface area contributed by atoms with Gasteiger partial charge in [-0.15, -0.1) is 0 Å². The van der Waals surface area contributed by atoms with Gasteiger partial charge in [0, 0.05) is 6.42 Å². The van der Waals surface area contributed by atoms with Crippen molar-refractivity contribution >= 4 is 23.4 Å². The van der Waals surface area contributed by atoms with E-state index in [9.17, 15) is 14.4 Å². The summed E-state index contributed by atoms with van der Waals surface area (Å²) >= 11 is 0. The van der Waals surface area contributed by atoms with E-state index < -0.39 is 11.9 Å². The summed E-state index contributed by atoms with van der Waals surface area (Å²) in [6.07, 6.45) is 2.63. The Kier molecular flexibility index (Phi) is 6.80. The van der Waals surface area contributed by atoms with Gasteiger partial charge in [-0.25, -0.2) is 5.48 Å². The normalized spacial score (nSPS) is 15.6. The van der Waals surface area contributed by atoms with Crippen molar-refractivity contribution in [2.45, 2.75) is 38.1 Å². The van der Waals surface area contributed by atoms with E-state index in [4.69, 9.17) is 9.94 Å². The fourth-order valence-corrected chi connectivity index (χ4v) is 3.10. The molecule has 1 aliphatic heterocycles. The molecule has 0 spiro atoms. The minimum atomic E-state index is -0.653. The average Bonchev–Trinajstić information content (AvgIpc) is 2.84. The molecule has 29 heavy (non-hydrogen) atoms. The van der Waals surface area contributed by atoms with Crippen molar-refractivity contribution < 1.29 is 24.3 Å². The van der Waals surface area contributed by atoms with Crippen molar-refractivity contribution in [2.75, 3.05) is 5.32 Å². The molecular weight excluding hydrogens is 374 g/mol. The quantitative estimate of drug-likeness (QED) is 0.310. The Morgan fingerprint density at radius 3 is 2.59 bits per heavy atom. The van der Waals surface area contributed by atoms with Crippen LogP contribution in [0.3, 0.4) is 0 Å². The number of hydrogen-bond acceptors (Lipinski definition) is 5. The number of fused-ring (bicyclic) bond motifs is 1. The lowest BCUT2D eigenvalue weighted by atomic mass is 10.1. The predicted molar refractivity (Wildman–Crippen MR) is 106 cm³/mol. The average molecular weight is 397 g/mol. The van der Waals surface area contributed by atoms with Gasteiger partial charge in [-0.2, -0.15) is 0 Å². The smallest absolute Gasteiger partial charge is 0.254 e. The number of hydroxylamine groups is 1. The highest BCUT2D eigenvalue weighted by Crippen LogP contribution is 2.28. The number of para-hydroxylation sites is 1. The molecule has 1 atom stereocenters. The maximum atomic E-state index is 12.6. The first-order valence-electron chi connectivity index (χ1n) is 9.48. The number of anilines is 1. The summed E-state index contributed by atoms with van der Waals surface area (Å²) in [5.41, 5.74) is 2.37. The van der Waals surface area contributed by atoms with Crippen molar-refractivity contribution in [1.82, 2.24) is 10.8 Å². The fourth-order valence-electron chi connectivity index (χ4n) is 3.10. The molecule has 4 N–H and O–H groups in total. The van der Waals surface area contributed by atoms with Gasteiger partial charge in [0.15, 0.2) is 0 Å². The Bertz CT molecular complexity index is 885. The van der Waals surface area contributed by atoms with Gasteiger partial charge in [0.05, 0.1) is 11.3 Å². The largest absolute Gasteiger partial charge is 0.457 e. The van der Waals surface area contributed by atoms with Gasteiger partial charge >= 0.3 is 0 Å². The zero-order valence-electron chi connectivity index (χ0n) is 15.8. The molecule has 2 aromatic rings. The van der Waals surface area contributed by atoms with Crippen molar-refractivity contribution in [3.8, 4) is 11.5 Å². The molecule has 3 amide bonds. The van der Waals surface area contributed by atoms with Crippen LogP contribution in [0, 0.1) is 0 Å². The van der Waals surface area contributed by atoms with Crippen molar-refractivity contribution in [1.29, 1.82) is 0 Å². The molecule has 0 saturated heterocycles. The Balaban J connectivity index is 1.61. The fraction of sp³-hybridized carbons (Fsp3) is 0.286. The molecule has 1 heterocycles. The lowest BCUT2D eigenvalue weighted by Gasteiger charge is -2.14. The maximum absolute atomic E-state index is 12.6. The molecule has 2 aromatic carbocycles. The van der Waals surface area contributed by atoms with Crippen LogP contribution in [0.4, 0.5) is 5.69 Å². The molecule has 1 unspecified atom stereocenters. The van der Waals surface area contributed by atoms with E-state index in [1.165, 1.54) is 0 Å². The Hall–Kier alpha value is -3.39. The molecule has 152 valence electrons. The van der Waals surface area contributed by atoms with E-state index in [1.807, 2.05) is 30.3 Å². The van der Waals surface area contributed by atoms with E-state index in [2.05, 4.69) is 10.6 Å². The van der Waals surface area contributed by atoms with E-state index in [1.54, 1.807) is 23.7 Å². The number of carbonyl (C=O) groups excluding carboxylic acids is 3. The topological polar surface area (TPSA) is 117 Å². The Labute approximate surface area is 168 Å². The van der Waals surface area contributed by atoms with E-state index >= 15 is 0 Å². The number of amides is 3. The molecule has 0 bridgehead atoms. The third-order valence-electron chi connectivity index (χ3n) is 4.62. The van der Waals surface area contributed by atoms with Crippen LogP contribution in [0.2, 0.25) is 0 Å². The first-order valence-corrected chi connectivity index (χ1v) is 9.48. The molecular formula is C21H23N3O5. The van der Waals surface area contributed by atoms with Crippen molar-refractivity contribution in [3.63, 3.8) is 0 Å². The summed E-state index contributed by atoms with van der Waals surface area (Å²) in [5, 5.41) is 14.0. The number of carbonyl (C=O) groups is 3. The van der Waals surface area contributed by atoms with Crippen LogP contribution in [0.1, 0.15) is 42.5 Å². The Morgan fingerprint density at radius 1 is 1.03 bits per heavy atom. The summed E-state index contributed by atoms with van der Waals surface area (Å²) in [6.45, 7) is 0. The second kappa shape index (κ2) is 9.70. The third-order valence-corrected chi connectivity index (χ3v) is 4.62. The van der Waals surface area contributed by atoms with Crippen LogP contribution in [-0.4, -0.2) is 29.0 Å². The van der Waals surface area contributed by atoms with Gasteiger partial charge in [-0.05, 0) is 43.2 Å². The maximum Gasteiger partial charge on any atom is 0.254 e. The highest BCUT2D eigenvalue weighted by atomic mass is 16.5.